The van der Waals surface area contributed by atoms with Gasteiger partial charge in [-0.15, -0.1) is 0 Å². The van der Waals surface area contributed by atoms with Crippen LogP contribution in [0.3, 0.4) is 0 Å². The first-order chi connectivity index (χ1) is 13.5. The predicted molar refractivity (Wildman–Crippen MR) is 109 cm³/mol. The number of carbonyl (C=O) groups is 2. The molecule has 1 aromatic heterocycles. The smallest absolute Gasteiger partial charge is 0.243 e. The van der Waals surface area contributed by atoms with Crippen LogP contribution >= 0.6 is 0 Å². The lowest BCUT2D eigenvalue weighted by Crippen LogP contribution is -2.35. The number of methoxy groups -OCH3 is 1. The van der Waals surface area contributed by atoms with Gasteiger partial charge in [0.15, 0.2) is 0 Å². The van der Waals surface area contributed by atoms with E-state index in [1.807, 2.05) is 18.2 Å². The van der Waals surface area contributed by atoms with Crippen LogP contribution in [-0.2, 0) is 22.4 Å². The molecule has 1 heterocycles. The molecule has 0 saturated heterocycles. The average molecular weight is 380 g/mol. The van der Waals surface area contributed by atoms with Crippen molar-refractivity contribution in [2.24, 2.45) is 0 Å². The summed E-state index contributed by atoms with van der Waals surface area (Å²) in [6, 6.07) is 13.1. The Morgan fingerprint density at radius 1 is 1.18 bits per heavy atom. The normalized spacial score (nSPS) is 10.7. The van der Waals surface area contributed by atoms with Gasteiger partial charge in [0.25, 0.3) is 0 Å². The first-order valence-electron chi connectivity index (χ1n) is 9.17. The van der Waals surface area contributed by atoms with E-state index in [-0.39, 0.29) is 24.8 Å². The second-order valence-electron chi connectivity index (χ2n) is 6.65. The minimum absolute atomic E-state index is 0.0359. The molecule has 0 unspecified atom stereocenters. The number of hydrogen-bond acceptors (Lipinski definition) is 4. The molecule has 1 N–H and O–H groups in total. The van der Waals surface area contributed by atoms with Crippen molar-refractivity contribution < 1.29 is 18.7 Å². The Kier molecular flexibility index (Phi) is 5.99. The van der Waals surface area contributed by atoms with Crippen molar-refractivity contribution in [1.82, 2.24) is 4.90 Å². The third kappa shape index (κ3) is 4.52. The molecule has 0 atom stereocenters. The van der Waals surface area contributed by atoms with Crippen molar-refractivity contribution in [2.45, 2.75) is 19.8 Å². The fourth-order valence-electron chi connectivity index (χ4n) is 2.99. The van der Waals surface area contributed by atoms with Gasteiger partial charge in [-0.3, -0.25) is 9.59 Å². The number of nitrogens with zero attached hydrogens (tertiary/aromatic N) is 1. The van der Waals surface area contributed by atoms with Crippen molar-refractivity contribution >= 4 is 28.5 Å². The molecule has 0 fully saturated rings. The molecule has 3 aromatic rings. The number of amides is 2. The van der Waals surface area contributed by atoms with E-state index in [1.165, 1.54) is 10.5 Å². The highest BCUT2D eigenvalue weighted by Gasteiger charge is 2.16. The number of rotatable bonds is 7. The molecule has 28 heavy (non-hydrogen) atoms. The number of benzene rings is 2. The SMILES string of the molecule is CCc1ccc2c(CC(=O)N(C)CC(=O)Nc3cccc(OC)c3)coc2c1. The van der Waals surface area contributed by atoms with Crippen LogP contribution in [0.15, 0.2) is 53.1 Å². The summed E-state index contributed by atoms with van der Waals surface area (Å²) in [5, 5.41) is 3.70. The van der Waals surface area contributed by atoms with E-state index in [0.717, 1.165) is 23.0 Å². The lowest BCUT2D eigenvalue weighted by atomic mass is 10.1. The molecule has 3 rings (SSSR count). The third-order valence-corrected chi connectivity index (χ3v) is 4.63. The third-order valence-electron chi connectivity index (χ3n) is 4.63. The van der Waals surface area contributed by atoms with E-state index >= 15 is 0 Å². The minimum Gasteiger partial charge on any atom is -0.497 e. The summed E-state index contributed by atoms with van der Waals surface area (Å²) in [4.78, 5) is 26.2. The number of fused-ring (bicyclic) bond motifs is 1. The maximum Gasteiger partial charge on any atom is 0.243 e. The standard InChI is InChI=1S/C22H24N2O4/c1-4-15-8-9-19-16(14-28-20(19)10-15)11-22(26)24(2)13-21(25)23-17-6-5-7-18(12-17)27-3/h5-10,12,14H,4,11,13H2,1-3H3,(H,23,25). The zero-order valence-corrected chi connectivity index (χ0v) is 16.3. The van der Waals surface area contributed by atoms with Gasteiger partial charge in [-0.05, 0) is 30.2 Å². The monoisotopic (exact) mass is 380 g/mol. The zero-order valence-electron chi connectivity index (χ0n) is 16.3. The molecular weight excluding hydrogens is 356 g/mol. The average Bonchev–Trinajstić information content (AvgIpc) is 3.09. The fraction of sp³-hybridized carbons (Fsp3) is 0.273. The number of hydrogen-bond donors (Lipinski definition) is 1. The Hall–Kier alpha value is -3.28. The summed E-state index contributed by atoms with van der Waals surface area (Å²) in [5.41, 5.74) is 3.41. The van der Waals surface area contributed by atoms with Gasteiger partial charge in [0, 0.05) is 29.8 Å². The van der Waals surface area contributed by atoms with E-state index in [9.17, 15) is 9.59 Å². The summed E-state index contributed by atoms with van der Waals surface area (Å²) in [6.07, 6.45) is 2.73. The van der Waals surface area contributed by atoms with E-state index in [0.29, 0.717) is 11.4 Å². The fourth-order valence-corrected chi connectivity index (χ4v) is 2.99. The van der Waals surface area contributed by atoms with Crippen molar-refractivity contribution in [3.63, 3.8) is 0 Å². The van der Waals surface area contributed by atoms with Crippen molar-refractivity contribution in [3.05, 3.63) is 59.9 Å². The molecule has 0 saturated carbocycles. The molecule has 146 valence electrons. The van der Waals surface area contributed by atoms with Gasteiger partial charge >= 0.3 is 0 Å². The van der Waals surface area contributed by atoms with Gasteiger partial charge in [0.1, 0.15) is 11.3 Å². The Balaban J connectivity index is 1.60. The molecule has 0 spiro atoms. The molecule has 6 nitrogen and oxygen atoms in total. The van der Waals surface area contributed by atoms with Gasteiger partial charge in [0.2, 0.25) is 11.8 Å². The number of nitrogens with one attached hydrogen (secondary N) is 1. The summed E-state index contributed by atoms with van der Waals surface area (Å²) in [7, 11) is 3.18. The van der Waals surface area contributed by atoms with Crippen LogP contribution in [-0.4, -0.2) is 37.4 Å². The highest BCUT2D eigenvalue weighted by atomic mass is 16.5. The van der Waals surface area contributed by atoms with Gasteiger partial charge in [-0.2, -0.15) is 0 Å². The maximum atomic E-state index is 12.5. The molecule has 2 amide bonds. The summed E-state index contributed by atoms with van der Waals surface area (Å²) in [5.74, 6) is 0.233. The molecule has 0 bridgehead atoms. The van der Waals surface area contributed by atoms with Crippen LogP contribution in [0.25, 0.3) is 11.0 Å². The minimum atomic E-state index is -0.270. The first-order valence-corrected chi connectivity index (χ1v) is 9.17. The number of likely N-dealkylation sites (N-methyl/N-ethyl adjacent to an activating group) is 1. The number of ether oxygens (including phenoxy) is 1. The van der Waals surface area contributed by atoms with Crippen molar-refractivity contribution in [2.75, 3.05) is 26.0 Å². The largest absolute Gasteiger partial charge is 0.497 e. The van der Waals surface area contributed by atoms with Crippen LogP contribution in [0.4, 0.5) is 5.69 Å². The van der Waals surface area contributed by atoms with Gasteiger partial charge in [-0.1, -0.05) is 25.1 Å². The van der Waals surface area contributed by atoms with Crippen LogP contribution in [0, 0.1) is 0 Å². The van der Waals surface area contributed by atoms with Gasteiger partial charge < -0.3 is 19.4 Å². The topological polar surface area (TPSA) is 71.8 Å². The number of carbonyl (C=O) groups excluding carboxylic acids is 2. The van der Waals surface area contributed by atoms with Crippen molar-refractivity contribution in [1.29, 1.82) is 0 Å². The number of anilines is 1. The molecule has 0 aliphatic heterocycles. The van der Waals surface area contributed by atoms with E-state index in [2.05, 4.69) is 12.2 Å². The molecule has 0 aliphatic rings. The Bertz CT molecular complexity index is 993. The lowest BCUT2D eigenvalue weighted by molar-refractivity contribution is -0.132. The second kappa shape index (κ2) is 8.61. The molecule has 6 heteroatoms. The molecule has 2 aromatic carbocycles. The zero-order chi connectivity index (χ0) is 20.1. The van der Waals surface area contributed by atoms with Crippen LogP contribution in [0.2, 0.25) is 0 Å². The predicted octanol–water partition coefficient (Wildman–Crippen LogP) is 3.64. The van der Waals surface area contributed by atoms with Crippen molar-refractivity contribution in [3.8, 4) is 5.75 Å². The molecule has 0 aliphatic carbocycles. The van der Waals surface area contributed by atoms with E-state index in [1.54, 1.807) is 44.7 Å². The van der Waals surface area contributed by atoms with Crippen LogP contribution in [0.5, 0.6) is 5.75 Å². The molecular formula is C22H24N2O4. The lowest BCUT2D eigenvalue weighted by Gasteiger charge is -2.16. The first kappa shape index (κ1) is 19.5. The Morgan fingerprint density at radius 2 is 2.00 bits per heavy atom. The summed E-state index contributed by atoms with van der Waals surface area (Å²) < 4.78 is 10.7. The highest BCUT2D eigenvalue weighted by Crippen LogP contribution is 2.23. The number of furan rings is 1. The van der Waals surface area contributed by atoms with Crippen LogP contribution in [0.1, 0.15) is 18.1 Å². The summed E-state index contributed by atoms with van der Waals surface area (Å²) >= 11 is 0. The van der Waals surface area contributed by atoms with Crippen LogP contribution < -0.4 is 10.1 Å². The second-order valence-corrected chi connectivity index (χ2v) is 6.65. The highest BCUT2D eigenvalue weighted by molar-refractivity contribution is 5.95. The quantitative estimate of drug-likeness (QED) is 0.679. The van der Waals surface area contributed by atoms with Gasteiger partial charge in [-0.25, -0.2) is 0 Å². The number of aryl methyl sites for hydroxylation is 1. The Labute approximate surface area is 164 Å². The van der Waals surface area contributed by atoms with E-state index in [4.69, 9.17) is 9.15 Å². The Morgan fingerprint density at radius 3 is 2.75 bits per heavy atom. The summed E-state index contributed by atoms with van der Waals surface area (Å²) in [6.45, 7) is 2.05. The van der Waals surface area contributed by atoms with E-state index < -0.39 is 0 Å². The van der Waals surface area contributed by atoms with Gasteiger partial charge in [0.05, 0.1) is 26.3 Å². The maximum absolute atomic E-state index is 12.5. The molecule has 0 radical (unpaired) electrons.